The summed E-state index contributed by atoms with van der Waals surface area (Å²) in [6, 6.07) is 0. The summed E-state index contributed by atoms with van der Waals surface area (Å²) in [6.07, 6.45) is 23.4. The molecule has 4 fully saturated rings. The quantitative estimate of drug-likeness (QED) is 0.0574. The molecule has 8 nitrogen and oxygen atoms in total. The first-order chi connectivity index (χ1) is 22.8. The second-order valence-electron chi connectivity index (χ2n) is 16.6. The molecule has 0 aromatic heterocycles. The minimum absolute atomic E-state index is 0.0228. The van der Waals surface area contributed by atoms with Gasteiger partial charge >= 0.3 is 5.97 Å². The largest absolute Gasteiger partial charge is 0.462 e. The van der Waals surface area contributed by atoms with Crippen molar-refractivity contribution < 1.29 is 32.4 Å². The fourth-order valence-corrected chi connectivity index (χ4v) is 11.3. The second-order valence-corrected chi connectivity index (χ2v) is 18.1. The number of unbranched alkanes of at least 4 members (excludes halogenated alkanes) is 6. The Morgan fingerprint density at radius 1 is 0.938 bits per heavy atom. The van der Waals surface area contributed by atoms with Crippen LogP contribution in [0.5, 0.6) is 0 Å². The number of aliphatic hydroxyl groups is 1. The van der Waals surface area contributed by atoms with Crippen LogP contribution in [0.4, 0.5) is 0 Å². The number of nitrogens with one attached hydrogen (secondary N) is 1. The number of aliphatic hydroxyl groups excluding tert-OH is 1. The van der Waals surface area contributed by atoms with E-state index in [0.717, 1.165) is 51.4 Å². The molecule has 276 valence electrons. The number of ether oxygens (including phenoxy) is 1. The average Bonchev–Trinajstić information content (AvgIpc) is 3.39. The van der Waals surface area contributed by atoms with Gasteiger partial charge in [0.2, 0.25) is 5.91 Å². The van der Waals surface area contributed by atoms with E-state index in [0.29, 0.717) is 48.9 Å². The SMILES string of the molecule is CCC/C=C\CCCCCCCC(=O)OC1CCC2(C)C(CCC3C2CC(O)C2(C)C(C(C)CCC(=O)NCCS(=O)(=O)O)CCC32)C1. The Morgan fingerprint density at radius 2 is 1.67 bits per heavy atom. The van der Waals surface area contributed by atoms with Gasteiger partial charge in [0, 0.05) is 19.4 Å². The van der Waals surface area contributed by atoms with Gasteiger partial charge in [-0.1, -0.05) is 65.5 Å². The molecule has 0 aliphatic heterocycles. The van der Waals surface area contributed by atoms with Crippen molar-refractivity contribution in [3.8, 4) is 0 Å². The first-order valence-electron chi connectivity index (χ1n) is 19.5. The summed E-state index contributed by atoms with van der Waals surface area (Å²) in [5.41, 5.74) is 0.00728. The topological polar surface area (TPSA) is 130 Å². The number of hydrogen-bond donors (Lipinski definition) is 3. The van der Waals surface area contributed by atoms with Crippen molar-refractivity contribution in [2.45, 2.75) is 162 Å². The molecule has 4 rings (SSSR count). The van der Waals surface area contributed by atoms with Crippen molar-refractivity contribution in [1.82, 2.24) is 5.32 Å². The molecule has 3 N–H and O–H groups in total. The van der Waals surface area contributed by atoms with Gasteiger partial charge in [0.25, 0.3) is 10.1 Å². The van der Waals surface area contributed by atoms with E-state index in [1.54, 1.807) is 0 Å². The van der Waals surface area contributed by atoms with Crippen LogP contribution in [0.1, 0.15) is 150 Å². The molecule has 0 aromatic carbocycles. The Labute approximate surface area is 291 Å². The third-order valence-electron chi connectivity index (χ3n) is 13.7. The van der Waals surface area contributed by atoms with Gasteiger partial charge in [0.15, 0.2) is 0 Å². The minimum atomic E-state index is -4.09. The zero-order chi connectivity index (χ0) is 35.0. The lowest BCUT2D eigenvalue weighted by Crippen LogP contribution is -2.59. The van der Waals surface area contributed by atoms with Crippen LogP contribution in [-0.4, -0.2) is 54.5 Å². The second kappa shape index (κ2) is 17.7. The highest BCUT2D eigenvalue weighted by Crippen LogP contribution is 2.68. The number of allylic oxidation sites excluding steroid dienone is 2. The average molecular weight is 694 g/mol. The molecule has 4 aliphatic carbocycles. The Morgan fingerprint density at radius 3 is 2.42 bits per heavy atom. The van der Waals surface area contributed by atoms with Gasteiger partial charge in [-0.3, -0.25) is 14.1 Å². The molecule has 4 saturated carbocycles. The van der Waals surface area contributed by atoms with Crippen molar-refractivity contribution >= 4 is 22.0 Å². The molecular weight excluding hydrogens is 626 g/mol. The van der Waals surface area contributed by atoms with E-state index in [9.17, 15) is 23.1 Å². The fraction of sp³-hybridized carbons (Fsp3) is 0.897. The minimum Gasteiger partial charge on any atom is -0.462 e. The third kappa shape index (κ3) is 9.86. The van der Waals surface area contributed by atoms with E-state index >= 15 is 0 Å². The maximum absolute atomic E-state index is 12.8. The van der Waals surface area contributed by atoms with E-state index < -0.39 is 15.9 Å². The van der Waals surface area contributed by atoms with Crippen LogP contribution in [0, 0.1) is 46.3 Å². The summed E-state index contributed by atoms with van der Waals surface area (Å²) in [6.45, 7) is 9.11. The third-order valence-corrected chi connectivity index (χ3v) is 14.4. The molecule has 0 bridgehead atoms. The molecule has 0 radical (unpaired) electrons. The van der Waals surface area contributed by atoms with E-state index in [-0.39, 0.29) is 47.4 Å². The summed E-state index contributed by atoms with van der Waals surface area (Å²) in [5.74, 6) is 2.03. The molecule has 9 heteroatoms. The van der Waals surface area contributed by atoms with Gasteiger partial charge in [-0.25, -0.2) is 0 Å². The van der Waals surface area contributed by atoms with Crippen molar-refractivity contribution in [1.29, 1.82) is 0 Å². The van der Waals surface area contributed by atoms with Crippen LogP contribution in [0.2, 0.25) is 0 Å². The summed E-state index contributed by atoms with van der Waals surface area (Å²) in [7, 11) is -4.09. The Hall–Kier alpha value is -1.45. The number of carbonyl (C=O) groups excluding carboxylic acids is 2. The zero-order valence-corrected chi connectivity index (χ0v) is 31.3. The number of esters is 1. The highest BCUT2D eigenvalue weighted by Gasteiger charge is 2.63. The summed E-state index contributed by atoms with van der Waals surface area (Å²) < 4.78 is 36.9. The van der Waals surface area contributed by atoms with Crippen LogP contribution in [-0.2, 0) is 24.4 Å². The van der Waals surface area contributed by atoms with Gasteiger partial charge in [0.05, 0.1) is 11.9 Å². The van der Waals surface area contributed by atoms with Crippen LogP contribution in [0.15, 0.2) is 12.2 Å². The van der Waals surface area contributed by atoms with Gasteiger partial charge in [-0.2, -0.15) is 8.42 Å². The van der Waals surface area contributed by atoms with Crippen LogP contribution in [0.25, 0.3) is 0 Å². The molecule has 0 heterocycles. The maximum Gasteiger partial charge on any atom is 0.306 e. The molecule has 1 amide bonds. The lowest BCUT2D eigenvalue weighted by atomic mass is 9.43. The van der Waals surface area contributed by atoms with Crippen molar-refractivity contribution in [2.24, 2.45) is 46.3 Å². The van der Waals surface area contributed by atoms with Gasteiger partial charge in [-0.05, 0) is 130 Å². The first-order valence-corrected chi connectivity index (χ1v) is 21.1. The van der Waals surface area contributed by atoms with Crippen molar-refractivity contribution in [2.75, 3.05) is 12.3 Å². The number of rotatable bonds is 18. The smallest absolute Gasteiger partial charge is 0.306 e. The molecule has 10 unspecified atom stereocenters. The zero-order valence-electron chi connectivity index (χ0n) is 30.5. The van der Waals surface area contributed by atoms with E-state index in [1.807, 2.05) is 0 Å². The van der Waals surface area contributed by atoms with Crippen LogP contribution in [0.3, 0.4) is 0 Å². The maximum atomic E-state index is 12.8. The summed E-state index contributed by atoms with van der Waals surface area (Å²) >= 11 is 0. The van der Waals surface area contributed by atoms with E-state index in [1.165, 1.54) is 51.4 Å². The monoisotopic (exact) mass is 693 g/mol. The highest BCUT2D eigenvalue weighted by molar-refractivity contribution is 7.85. The fourth-order valence-electron chi connectivity index (χ4n) is 10.9. The number of fused-ring (bicyclic) bond motifs is 5. The van der Waals surface area contributed by atoms with Crippen LogP contribution < -0.4 is 5.32 Å². The molecule has 0 saturated heterocycles. The standard InChI is InChI=1S/C39H67NO7S/c1-5-6-7-8-9-10-11-12-13-14-15-37(43)47-30-22-23-38(3)29(26-30)17-18-31-33-20-19-32(39(33,4)35(41)27-34(31)38)28(2)16-21-36(42)40-24-25-48(44,45)46/h7-8,28-35,41H,5-6,9-27H2,1-4H3,(H,40,42)(H,44,45,46)/b8-7-. The summed E-state index contributed by atoms with van der Waals surface area (Å²) in [5, 5.41) is 14.5. The molecule has 4 aliphatic rings. The first kappa shape index (κ1) is 39.3. The van der Waals surface area contributed by atoms with Gasteiger partial charge in [0.1, 0.15) is 6.10 Å². The molecule has 0 aromatic rings. The lowest BCUT2D eigenvalue weighted by molar-refractivity contribution is -0.181. The van der Waals surface area contributed by atoms with Crippen molar-refractivity contribution in [3.63, 3.8) is 0 Å². The molecule has 48 heavy (non-hydrogen) atoms. The van der Waals surface area contributed by atoms with Gasteiger partial charge in [-0.15, -0.1) is 0 Å². The van der Waals surface area contributed by atoms with Crippen molar-refractivity contribution in [3.05, 3.63) is 12.2 Å². The molecule has 0 spiro atoms. The number of hydrogen-bond acceptors (Lipinski definition) is 6. The predicted molar refractivity (Wildman–Crippen MR) is 191 cm³/mol. The molecule has 10 atom stereocenters. The Bertz CT molecular complexity index is 1190. The van der Waals surface area contributed by atoms with Gasteiger partial charge < -0.3 is 15.2 Å². The molecular formula is C39H67NO7S. The Balaban J connectivity index is 1.22. The number of carbonyl (C=O) groups is 2. The van der Waals surface area contributed by atoms with E-state index in [4.69, 9.17) is 9.29 Å². The number of amides is 1. The summed E-state index contributed by atoms with van der Waals surface area (Å²) in [4.78, 5) is 25.1. The normalized spacial score (nSPS) is 35.4. The van der Waals surface area contributed by atoms with Crippen LogP contribution >= 0.6 is 0 Å². The lowest BCUT2D eigenvalue weighted by Gasteiger charge is -2.62. The predicted octanol–water partition coefficient (Wildman–Crippen LogP) is 8.04. The highest BCUT2D eigenvalue weighted by atomic mass is 32.2. The van der Waals surface area contributed by atoms with E-state index in [2.05, 4.69) is 45.2 Å². The Kier molecular flexibility index (Phi) is 14.5.